The maximum atomic E-state index is 14.3. The summed E-state index contributed by atoms with van der Waals surface area (Å²) in [6, 6.07) is 10.2. The molecular weight excluding hydrogens is 332 g/mol. The van der Waals surface area contributed by atoms with E-state index < -0.39 is 11.6 Å². The number of rotatable bonds is 8. The number of benzene rings is 2. The van der Waals surface area contributed by atoms with Crippen molar-refractivity contribution in [1.29, 1.82) is 0 Å². The fourth-order valence-electron chi connectivity index (χ4n) is 3.58. The van der Waals surface area contributed by atoms with Gasteiger partial charge in [0.25, 0.3) is 0 Å². The lowest BCUT2D eigenvalue weighted by Gasteiger charge is -2.29. The summed E-state index contributed by atoms with van der Waals surface area (Å²) in [4.78, 5) is 5.54. The number of aryl methyl sites for hydroxylation is 2. The molecule has 2 aromatic carbocycles. The van der Waals surface area contributed by atoms with E-state index in [0.717, 1.165) is 23.2 Å². The summed E-state index contributed by atoms with van der Waals surface area (Å²) < 4.78 is 28.5. The smallest absolute Gasteiger partial charge is 0.129 e. The molecule has 0 radical (unpaired) electrons. The van der Waals surface area contributed by atoms with Crippen LogP contribution in [0.25, 0.3) is 0 Å². The van der Waals surface area contributed by atoms with Gasteiger partial charge < -0.3 is 4.84 Å². The number of hydrogen-bond donors (Lipinski definition) is 0. The maximum Gasteiger partial charge on any atom is 0.129 e. The van der Waals surface area contributed by atoms with Gasteiger partial charge in [0.15, 0.2) is 0 Å². The first kappa shape index (κ1) is 20.5. The van der Waals surface area contributed by atoms with Crippen molar-refractivity contribution < 1.29 is 13.6 Å². The van der Waals surface area contributed by atoms with Crippen LogP contribution in [0.4, 0.5) is 8.78 Å². The second kappa shape index (κ2) is 9.24. The predicted octanol–water partition coefficient (Wildman–Crippen LogP) is 5.43. The minimum Gasteiger partial charge on any atom is -0.302 e. The van der Waals surface area contributed by atoms with Crippen LogP contribution in [0.2, 0.25) is 0 Å². The zero-order valence-electron chi connectivity index (χ0n) is 16.4. The Morgan fingerprint density at radius 3 is 1.96 bits per heavy atom. The van der Waals surface area contributed by atoms with Crippen LogP contribution in [0.1, 0.15) is 42.0 Å². The van der Waals surface area contributed by atoms with Crippen LogP contribution in [0, 0.1) is 31.4 Å². The molecule has 0 aliphatic rings. The van der Waals surface area contributed by atoms with E-state index in [0.29, 0.717) is 18.9 Å². The van der Waals surface area contributed by atoms with Crippen molar-refractivity contribution in [2.45, 2.75) is 40.0 Å². The van der Waals surface area contributed by atoms with E-state index in [-0.39, 0.29) is 11.5 Å². The van der Waals surface area contributed by atoms with Crippen molar-refractivity contribution >= 4 is 0 Å². The SMILES string of the molecule is CON(CC(C)C)CC(Cc1c(F)cccc1F)c1c(C)cccc1C. The van der Waals surface area contributed by atoms with E-state index in [2.05, 4.69) is 13.8 Å². The molecule has 1 unspecified atom stereocenters. The zero-order chi connectivity index (χ0) is 19.3. The highest BCUT2D eigenvalue weighted by Gasteiger charge is 2.23. The summed E-state index contributed by atoms with van der Waals surface area (Å²) >= 11 is 0. The number of hydroxylamine groups is 2. The Labute approximate surface area is 155 Å². The summed E-state index contributed by atoms with van der Waals surface area (Å²) in [6.45, 7) is 9.68. The molecule has 0 aliphatic carbocycles. The van der Waals surface area contributed by atoms with Crippen LogP contribution < -0.4 is 0 Å². The molecule has 0 spiro atoms. The molecule has 0 aliphatic heterocycles. The number of nitrogens with zero attached hydrogens (tertiary/aromatic N) is 1. The molecule has 0 amide bonds. The third kappa shape index (κ3) is 5.12. The first-order valence-electron chi connectivity index (χ1n) is 9.11. The van der Waals surface area contributed by atoms with Crippen molar-refractivity contribution in [3.63, 3.8) is 0 Å². The zero-order valence-corrected chi connectivity index (χ0v) is 16.4. The van der Waals surface area contributed by atoms with Gasteiger partial charge >= 0.3 is 0 Å². The van der Waals surface area contributed by atoms with Crippen LogP contribution in [0.15, 0.2) is 36.4 Å². The second-order valence-electron chi connectivity index (χ2n) is 7.33. The molecule has 0 fully saturated rings. The van der Waals surface area contributed by atoms with Crippen molar-refractivity contribution in [3.05, 3.63) is 70.3 Å². The Hall–Kier alpha value is -1.78. The minimum absolute atomic E-state index is 0.0682. The van der Waals surface area contributed by atoms with Gasteiger partial charge in [-0.1, -0.05) is 38.1 Å². The molecule has 0 saturated carbocycles. The van der Waals surface area contributed by atoms with Gasteiger partial charge in [-0.2, -0.15) is 5.06 Å². The Bertz CT molecular complexity index is 690. The Morgan fingerprint density at radius 2 is 1.46 bits per heavy atom. The Morgan fingerprint density at radius 1 is 0.923 bits per heavy atom. The van der Waals surface area contributed by atoms with Gasteiger partial charge in [0.1, 0.15) is 11.6 Å². The largest absolute Gasteiger partial charge is 0.302 e. The molecule has 4 heteroatoms. The van der Waals surface area contributed by atoms with Crippen LogP contribution in [0.3, 0.4) is 0 Å². The molecular formula is C22H29F2NO. The minimum atomic E-state index is -0.492. The Kier molecular flexibility index (Phi) is 7.30. The van der Waals surface area contributed by atoms with Gasteiger partial charge in [-0.25, -0.2) is 8.78 Å². The van der Waals surface area contributed by atoms with Gasteiger partial charge in [-0.05, 0) is 55.0 Å². The van der Waals surface area contributed by atoms with E-state index in [1.54, 1.807) is 7.11 Å². The second-order valence-corrected chi connectivity index (χ2v) is 7.33. The fourth-order valence-corrected chi connectivity index (χ4v) is 3.58. The van der Waals surface area contributed by atoms with E-state index in [1.807, 2.05) is 37.1 Å². The highest BCUT2D eigenvalue weighted by molar-refractivity contribution is 5.38. The van der Waals surface area contributed by atoms with E-state index in [4.69, 9.17) is 4.84 Å². The lowest BCUT2D eigenvalue weighted by Crippen LogP contribution is -2.32. The maximum absolute atomic E-state index is 14.3. The van der Waals surface area contributed by atoms with E-state index >= 15 is 0 Å². The summed E-state index contributed by atoms with van der Waals surface area (Å²) in [5.41, 5.74) is 3.54. The average Bonchev–Trinajstić information content (AvgIpc) is 2.56. The fraction of sp³-hybridized carbons (Fsp3) is 0.455. The van der Waals surface area contributed by atoms with Gasteiger partial charge in [-0.3, -0.25) is 0 Å². The molecule has 0 saturated heterocycles. The molecule has 26 heavy (non-hydrogen) atoms. The lowest BCUT2D eigenvalue weighted by molar-refractivity contribution is -0.140. The molecule has 0 heterocycles. The number of halogens is 2. The van der Waals surface area contributed by atoms with Crippen molar-refractivity contribution in [3.8, 4) is 0 Å². The van der Waals surface area contributed by atoms with E-state index in [9.17, 15) is 8.78 Å². The molecule has 142 valence electrons. The van der Waals surface area contributed by atoms with Gasteiger partial charge in [0, 0.05) is 24.6 Å². The molecule has 2 nitrogen and oxygen atoms in total. The molecule has 1 atom stereocenters. The first-order chi connectivity index (χ1) is 12.3. The lowest BCUT2D eigenvalue weighted by atomic mass is 9.85. The van der Waals surface area contributed by atoms with Crippen molar-refractivity contribution in [2.24, 2.45) is 5.92 Å². The molecule has 0 N–H and O–H groups in total. The van der Waals surface area contributed by atoms with Gasteiger partial charge in [-0.15, -0.1) is 0 Å². The topological polar surface area (TPSA) is 12.5 Å². The van der Waals surface area contributed by atoms with Crippen LogP contribution in [-0.4, -0.2) is 25.3 Å². The van der Waals surface area contributed by atoms with Crippen LogP contribution in [0.5, 0.6) is 0 Å². The number of hydrogen-bond acceptors (Lipinski definition) is 2. The van der Waals surface area contributed by atoms with Crippen LogP contribution >= 0.6 is 0 Å². The van der Waals surface area contributed by atoms with Crippen LogP contribution in [-0.2, 0) is 11.3 Å². The highest BCUT2D eigenvalue weighted by atomic mass is 19.1. The molecule has 0 aromatic heterocycles. The monoisotopic (exact) mass is 361 g/mol. The summed E-state index contributed by atoms with van der Waals surface area (Å²) in [5.74, 6) is -0.622. The van der Waals surface area contributed by atoms with Crippen molar-refractivity contribution in [2.75, 3.05) is 20.2 Å². The summed E-state index contributed by atoms with van der Waals surface area (Å²) in [7, 11) is 1.65. The molecule has 2 aromatic rings. The normalized spacial score (nSPS) is 12.8. The third-order valence-corrected chi connectivity index (χ3v) is 4.71. The van der Waals surface area contributed by atoms with Gasteiger partial charge in [0.2, 0.25) is 0 Å². The Balaban J connectivity index is 2.41. The first-order valence-corrected chi connectivity index (χ1v) is 9.11. The molecule has 0 bridgehead atoms. The summed E-state index contributed by atoms with van der Waals surface area (Å²) in [6.07, 6.45) is 0.294. The average molecular weight is 361 g/mol. The highest BCUT2D eigenvalue weighted by Crippen LogP contribution is 2.30. The van der Waals surface area contributed by atoms with Crippen molar-refractivity contribution in [1.82, 2.24) is 5.06 Å². The molecule has 2 rings (SSSR count). The summed E-state index contributed by atoms with van der Waals surface area (Å²) in [5, 5.41) is 1.89. The quantitative estimate of drug-likeness (QED) is 0.582. The van der Waals surface area contributed by atoms with E-state index in [1.165, 1.54) is 18.2 Å². The standard InChI is InChI=1S/C22H29F2NO/c1-15(2)13-25(26-5)14-18(22-16(3)8-6-9-17(22)4)12-19-20(23)10-7-11-21(19)24/h6-11,15,18H,12-14H2,1-5H3. The van der Waals surface area contributed by atoms with Gasteiger partial charge in [0.05, 0.1) is 7.11 Å². The predicted molar refractivity (Wildman–Crippen MR) is 102 cm³/mol. The third-order valence-electron chi connectivity index (χ3n) is 4.71.